The second kappa shape index (κ2) is 6.19. The predicted molar refractivity (Wildman–Crippen MR) is 84.1 cm³/mol. The Kier molecular flexibility index (Phi) is 4.11. The Bertz CT molecular complexity index is 624. The molecule has 0 saturated carbocycles. The van der Waals surface area contributed by atoms with Crippen LogP contribution < -0.4 is 14.8 Å². The van der Waals surface area contributed by atoms with Crippen LogP contribution in [0.25, 0.3) is 0 Å². The molecule has 0 bridgehead atoms. The summed E-state index contributed by atoms with van der Waals surface area (Å²) in [6.45, 7) is 3.38. The Morgan fingerprint density at radius 2 is 1.86 bits per heavy atom. The van der Waals surface area contributed by atoms with E-state index in [4.69, 9.17) is 9.47 Å². The number of rotatable bonds is 4. The Hall–Kier alpha value is -2.00. The lowest BCUT2D eigenvalue weighted by Crippen LogP contribution is -2.20. The van der Waals surface area contributed by atoms with E-state index in [1.54, 1.807) is 0 Å². The van der Waals surface area contributed by atoms with Gasteiger partial charge in [0.15, 0.2) is 11.5 Å². The third-order valence-corrected chi connectivity index (χ3v) is 3.84. The molecule has 2 aromatic carbocycles. The first-order chi connectivity index (χ1) is 10.3. The summed E-state index contributed by atoms with van der Waals surface area (Å²) in [7, 11) is 2.00. The van der Waals surface area contributed by atoms with Crippen LogP contribution in [-0.2, 0) is 6.42 Å². The molecule has 2 aromatic rings. The van der Waals surface area contributed by atoms with Gasteiger partial charge in [0.1, 0.15) is 13.2 Å². The summed E-state index contributed by atoms with van der Waals surface area (Å²) in [4.78, 5) is 0. The minimum atomic E-state index is 0.266. The molecular formula is C18H21NO2. The Morgan fingerprint density at radius 3 is 2.62 bits per heavy atom. The van der Waals surface area contributed by atoms with Crippen LogP contribution in [0.3, 0.4) is 0 Å². The average Bonchev–Trinajstić information content (AvgIpc) is 2.52. The molecule has 1 unspecified atom stereocenters. The Morgan fingerprint density at radius 1 is 1.05 bits per heavy atom. The summed E-state index contributed by atoms with van der Waals surface area (Å²) < 4.78 is 11.3. The Labute approximate surface area is 125 Å². The standard InChI is InChI=1S/C18H21NO2/c1-13-4-3-5-14(10-13)11-16(19-2)15-6-7-17-18(12-15)21-9-8-20-17/h3-7,10,12,16,19H,8-9,11H2,1-2H3. The monoisotopic (exact) mass is 283 g/mol. The third-order valence-electron chi connectivity index (χ3n) is 3.84. The topological polar surface area (TPSA) is 30.5 Å². The molecule has 3 nitrogen and oxygen atoms in total. The second-order valence-corrected chi connectivity index (χ2v) is 5.44. The van der Waals surface area contributed by atoms with Crippen molar-refractivity contribution >= 4 is 0 Å². The Balaban J connectivity index is 1.82. The van der Waals surface area contributed by atoms with Crippen molar-refractivity contribution < 1.29 is 9.47 Å². The van der Waals surface area contributed by atoms with Gasteiger partial charge in [-0.3, -0.25) is 0 Å². The lowest BCUT2D eigenvalue weighted by Gasteiger charge is -2.22. The second-order valence-electron chi connectivity index (χ2n) is 5.44. The molecule has 1 N–H and O–H groups in total. The molecule has 3 heteroatoms. The van der Waals surface area contributed by atoms with Crippen molar-refractivity contribution in [3.05, 3.63) is 59.2 Å². The van der Waals surface area contributed by atoms with E-state index >= 15 is 0 Å². The molecule has 1 atom stereocenters. The highest BCUT2D eigenvalue weighted by Gasteiger charge is 2.16. The fraction of sp³-hybridized carbons (Fsp3) is 0.333. The first kappa shape index (κ1) is 14.0. The summed E-state index contributed by atoms with van der Waals surface area (Å²) in [5.74, 6) is 1.69. The van der Waals surface area contributed by atoms with E-state index in [2.05, 4.69) is 48.6 Å². The summed E-state index contributed by atoms with van der Waals surface area (Å²) in [5, 5.41) is 3.40. The normalized spacial score (nSPS) is 14.8. The van der Waals surface area contributed by atoms with Gasteiger partial charge >= 0.3 is 0 Å². The molecule has 0 saturated heterocycles. The molecule has 0 spiro atoms. The van der Waals surface area contributed by atoms with Crippen molar-refractivity contribution in [2.45, 2.75) is 19.4 Å². The lowest BCUT2D eigenvalue weighted by atomic mass is 9.97. The zero-order valence-electron chi connectivity index (χ0n) is 12.6. The fourth-order valence-electron chi connectivity index (χ4n) is 2.74. The van der Waals surface area contributed by atoms with Crippen LogP contribution in [0.2, 0.25) is 0 Å². The van der Waals surface area contributed by atoms with E-state index in [9.17, 15) is 0 Å². The third kappa shape index (κ3) is 3.19. The van der Waals surface area contributed by atoms with E-state index in [-0.39, 0.29) is 6.04 Å². The van der Waals surface area contributed by atoms with Crippen LogP contribution >= 0.6 is 0 Å². The minimum Gasteiger partial charge on any atom is -0.486 e. The van der Waals surface area contributed by atoms with Crippen LogP contribution in [0.5, 0.6) is 11.5 Å². The van der Waals surface area contributed by atoms with E-state index in [1.807, 2.05) is 13.1 Å². The number of hydrogen-bond acceptors (Lipinski definition) is 3. The maximum absolute atomic E-state index is 5.68. The maximum atomic E-state index is 5.68. The molecule has 0 aromatic heterocycles. The number of fused-ring (bicyclic) bond motifs is 1. The molecule has 1 aliphatic rings. The zero-order valence-corrected chi connectivity index (χ0v) is 12.6. The molecule has 0 aliphatic carbocycles. The van der Waals surface area contributed by atoms with Gasteiger partial charge in [-0.25, -0.2) is 0 Å². The SMILES string of the molecule is CNC(Cc1cccc(C)c1)c1ccc2c(c1)OCCO2. The van der Waals surface area contributed by atoms with Crippen LogP contribution in [0.4, 0.5) is 0 Å². The van der Waals surface area contributed by atoms with Gasteiger partial charge < -0.3 is 14.8 Å². The highest BCUT2D eigenvalue weighted by molar-refractivity contribution is 5.45. The van der Waals surface area contributed by atoms with Gasteiger partial charge in [-0.2, -0.15) is 0 Å². The van der Waals surface area contributed by atoms with E-state index in [0.717, 1.165) is 17.9 Å². The van der Waals surface area contributed by atoms with Crippen molar-refractivity contribution in [1.82, 2.24) is 5.32 Å². The predicted octanol–water partition coefficient (Wildman–Crippen LogP) is 3.27. The number of ether oxygens (including phenoxy) is 2. The van der Waals surface area contributed by atoms with Crippen LogP contribution in [-0.4, -0.2) is 20.3 Å². The van der Waals surface area contributed by atoms with Gasteiger partial charge in [-0.15, -0.1) is 0 Å². The van der Waals surface area contributed by atoms with Gasteiger partial charge in [0.05, 0.1) is 0 Å². The molecule has 21 heavy (non-hydrogen) atoms. The van der Waals surface area contributed by atoms with Crippen molar-refractivity contribution in [2.24, 2.45) is 0 Å². The van der Waals surface area contributed by atoms with Crippen molar-refractivity contribution in [3.8, 4) is 11.5 Å². The molecular weight excluding hydrogens is 262 g/mol. The van der Waals surface area contributed by atoms with Crippen molar-refractivity contribution in [2.75, 3.05) is 20.3 Å². The molecule has 0 radical (unpaired) electrons. The number of aryl methyl sites for hydroxylation is 1. The van der Waals surface area contributed by atoms with Gasteiger partial charge in [0.25, 0.3) is 0 Å². The van der Waals surface area contributed by atoms with Crippen molar-refractivity contribution in [1.29, 1.82) is 0 Å². The van der Waals surface area contributed by atoms with Gasteiger partial charge in [-0.05, 0) is 43.7 Å². The van der Waals surface area contributed by atoms with Crippen LogP contribution in [0, 0.1) is 6.92 Å². The number of benzene rings is 2. The molecule has 3 rings (SSSR count). The molecule has 0 fully saturated rings. The molecule has 1 aliphatic heterocycles. The zero-order chi connectivity index (χ0) is 14.7. The molecule has 110 valence electrons. The van der Waals surface area contributed by atoms with Crippen LogP contribution in [0.15, 0.2) is 42.5 Å². The number of likely N-dealkylation sites (N-methyl/N-ethyl adjacent to an activating group) is 1. The van der Waals surface area contributed by atoms with Gasteiger partial charge in [-0.1, -0.05) is 35.9 Å². The van der Waals surface area contributed by atoms with Gasteiger partial charge in [0, 0.05) is 6.04 Å². The summed E-state index contributed by atoms with van der Waals surface area (Å²) in [6.07, 6.45) is 0.956. The van der Waals surface area contributed by atoms with Crippen molar-refractivity contribution in [3.63, 3.8) is 0 Å². The van der Waals surface area contributed by atoms with E-state index < -0.39 is 0 Å². The summed E-state index contributed by atoms with van der Waals surface area (Å²) in [6, 6.07) is 15.1. The highest BCUT2D eigenvalue weighted by Crippen LogP contribution is 2.33. The first-order valence-corrected chi connectivity index (χ1v) is 7.38. The fourth-order valence-corrected chi connectivity index (χ4v) is 2.74. The van der Waals surface area contributed by atoms with Crippen LogP contribution in [0.1, 0.15) is 22.7 Å². The number of nitrogens with one attached hydrogen (secondary N) is 1. The summed E-state index contributed by atoms with van der Waals surface area (Å²) >= 11 is 0. The molecule has 1 heterocycles. The maximum Gasteiger partial charge on any atom is 0.161 e. The smallest absolute Gasteiger partial charge is 0.161 e. The largest absolute Gasteiger partial charge is 0.486 e. The van der Waals surface area contributed by atoms with E-state index in [1.165, 1.54) is 16.7 Å². The average molecular weight is 283 g/mol. The highest BCUT2D eigenvalue weighted by atomic mass is 16.6. The quantitative estimate of drug-likeness (QED) is 0.934. The minimum absolute atomic E-state index is 0.266. The van der Waals surface area contributed by atoms with Gasteiger partial charge in [0.2, 0.25) is 0 Å². The number of hydrogen-bond donors (Lipinski definition) is 1. The first-order valence-electron chi connectivity index (χ1n) is 7.38. The van der Waals surface area contributed by atoms with E-state index in [0.29, 0.717) is 13.2 Å². The lowest BCUT2D eigenvalue weighted by molar-refractivity contribution is 0.171. The summed E-state index contributed by atoms with van der Waals surface area (Å²) in [5.41, 5.74) is 3.86. The molecule has 0 amide bonds.